The molecule has 2 nitrogen and oxygen atoms in total. The van der Waals surface area contributed by atoms with Crippen molar-refractivity contribution in [2.45, 2.75) is 102 Å². The van der Waals surface area contributed by atoms with E-state index in [-0.39, 0.29) is 0 Å². The van der Waals surface area contributed by atoms with E-state index in [4.69, 9.17) is 4.74 Å². The average Bonchev–Trinajstić information content (AvgIpc) is 3.04. The summed E-state index contributed by atoms with van der Waals surface area (Å²) in [7, 11) is 0. The molecular weight excluding hydrogens is 234 g/mol. The van der Waals surface area contributed by atoms with E-state index < -0.39 is 0 Å². The first-order valence-electron chi connectivity index (χ1n) is 8.69. The first kappa shape index (κ1) is 15.3. The minimum atomic E-state index is 0.302. The molecule has 2 unspecified atom stereocenters. The van der Waals surface area contributed by atoms with Gasteiger partial charge in [0.2, 0.25) is 0 Å². The van der Waals surface area contributed by atoms with Crippen molar-refractivity contribution in [3.05, 3.63) is 0 Å². The summed E-state index contributed by atoms with van der Waals surface area (Å²) in [4.78, 5) is 0. The second-order valence-corrected chi connectivity index (χ2v) is 6.70. The van der Waals surface area contributed by atoms with Crippen LogP contribution in [0.1, 0.15) is 84.5 Å². The van der Waals surface area contributed by atoms with Gasteiger partial charge in [0.1, 0.15) is 0 Å². The highest BCUT2D eigenvalue weighted by atomic mass is 16.5. The molecule has 0 aromatic carbocycles. The first-order chi connectivity index (χ1) is 9.28. The highest BCUT2D eigenvalue weighted by molar-refractivity contribution is 4.93. The molecule has 1 spiro atoms. The van der Waals surface area contributed by atoms with Crippen molar-refractivity contribution in [2.75, 3.05) is 6.54 Å². The SMILES string of the molecule is CCCCC(CCC)NCC1CCC2(CCCC2)O1. The maximum Gasteiger partial charge on any atom is 0.0708 e. The lowest BCUT2D eigenvalue weighted by atomic mass is 9.98. The number of nitrogens with one attached hydrogen (secondary N) is 1. The first-order valence-corrected chi connectivity index (χ1v) is 8.69. The summed E-state index contributed by atoms with van der Waals surface area (Å²) in [5.41, 5.74) is 0.302. The van der Waals surface area contributed by atoms with E-state index in [0.717, 1.165) is 6.54 Å². The van der Waals surface area contributed by atoms with Crippen LogP contribution in [0.25, 0.3) is 0 Å². The van der Waals surface area contributed by atoms with Crippen molar-refractivity contribution in [1.29, 1.82) is 0 Å². The molecule has 1 aliphatic heterocycles. The van der Waals surface area contributed by atoms with Crippen molar-refractivity contribution in [1.82, 2.24) is 5.32 Å². The molecule has 2 atom stereocenters. The van der Waals surface area contributed by atoms with Gasteiger partial charge in [0, 0.05) is 12.6 Å². The molecule has 1 N–H and O–H groups in total. The summed E-state index contributed by atoms with van der Waals surface area (Å²) in [6.45, 7) is 5.66. The van der Waals surface area contributed by atoms with Gasteiger partial charge in [0.15, 0.2) is 0 Å². The predicted molar refractivity (Wildman–Crippen MR) is 81.5 cm³/mol. The molecule has 0 bridgehead atoms. The Labute approximate surface area is 119 Å². The Hall–Kier alpha value is -0.0800. The lowest BCUT2D eigenvalue weighted by Crippen LogP contribution is -2.37. The minimum Gasteiger partial charge on any atom is -0.370 e. The second-order valence-electron chi connectivity index (χ2n) is 6.70. The zero-order chi connectivity index (χ0) is 13.6. The van der Waals surface area contributed by atoms with Gasteiger partial charge in [-0.2, -0.15) is 0 Å². The molecule has 2 aliphatic rings. The third kappa shape index (κ3) is 4.46. The highest BCUT2D eigenvalue weighted by Gasteiger charge is 2.41. The van der Waals surface area contributed by atoms with Crippen molar-refractivity contribution in [3.8, 4) is 0 Å². The van der Waals surface area contributed by atoms with Crippen molar-refractivity contribution < 1.29 is 4.74 Å². The van der Waals surface area contributed by atoms with Gasteiger partial charge in [-0.05, 0) is 38.5 Å². The molecule has 0 aromatic rings. The van der Waals surface area contributed by atoms with E-state index >= 15 is 0 Å². The third-order valence-electron chi connectivity index (χ3n) is 5.03. The van der Waals surface area contributed by atoms with Gasteiger partial charge < -0.3 is 10.1 Å². The number of unbranched alkanes of at least 4 members (excludes halogenated alkanes) is 1. The van der Waals surface area contributed by atoms with E-state index in [1.807, 2.05) is 0 Å². The van der Waals surface area contributed by atoms with Crippen LogP contribution in [0.15, 0.2) is 0 Å². The van der Waals surface area contributed by atoms with Crippen LogP contribution in [0.5, 0.6) is 0 Å². The monoisotopic (exact) mass is 267 g/mol. The topological polar surface area (TPSA) is 21.3 Å². The quantitative estimate of drug-likeness (QED) is 0.702. The fourth-order valence-electron chi connectivity index (χ4n) is 3.87. The summed E-state index contributed by atoms with van der Waals surface area (Å²) < 4.78 is 6.38. The Balaban J connectivity index is 1.69. The molecule has 0 radical (unpaired) electrons. The standard InChI is InChI=1S/C17H33NO/c1-3-5-9-15(8-4-2)18-14-16-10-13-17(19-16)11-6-7-12-17/h15-16,18H,3-14H2,1-2H3. The van der Waals surface area contributed by atoms with Gasteiger partial charge in [-0.1, -0.05) is 46.0 Å². The number of hydrogen-bond donors (Lipinski definition) is 1. The van der Waals surface area contributed by atoms with Crippen LogP contribution in [0, 0.1) is 0 Å². The minimum absolute atomic E-state index is 0.302. The second kappa shape index (κ2) is 7.64. The Morgan fingerprint density at radius 2 is 1.89 bits per heavy atom. The van der Waals surface area contributed by atoms with E-state index in [0.29, 0.717) is 17.7 Å². The van der Waals surface area contributed by atoms with Crippen LogP contribution in [-0.4, -0.2) is 24.3 Å². The zero-order valence-electron chi connectivity index (χ0n) is 13.0. The van der Waals surface area contributed by atoms with Crippen LogP contribution in [0.2, 0.25) is 0 Å². The van der Waals surface area contributed by atoms with Gasteiger partial charge in [-0.25, -0.2) is 0 Å². The van der Waals surface area contributed by atoms with Gasteiger partial charge in [0.25, 0.3) is 0 Å². The van der Waals surface area contributed by atoms with Crippen molar-refractivity contribution in [3.63, 3.8) is 0 Å². The predicted octanol–water partition coefficient (Wildman–Crippen LogP) is 4.43. The summed E-state index contributed by atoms with van der Waals surface area (Å²) in [5.74, 6) is 0. The molecule has 2 fully saturated rings. The fraction of sp³-hybridized carbons (Fsp3) is 1.00. The zero-order valence-corrected chi connectivity index (χ0v) is 13.0. The van der Waals surface area contributed by atoms with E-state index in [2.05, 4.69) is 19.2 Å². The summed E-state index contributed by atoms with van der Waals surface area (Å²) in [6, 6.07) is 0.716. The normalized spacial score (nSPS) is 27.2. The maximum atomic E-state index is 6.38. The number of rotatable bonds is 8. The molecule has 1 saturated carbocycles. The Kier molecular flexibility index (Phi) is 6.15. The molecule has 1 heterocycles. The van der Waals surface area contributed by atoms with Crippen molar-refractivity contribution >= 4 is 0 Å². The average molecular weight is 267 g/mol. The van der Waals surface area contributed by atoms with Crippen LogP contribution < -0.4 is 5.32 Å². The molecule has 0 aromatic heterocycles. The Morgan fingerprint density at radius 1 is 1.11 bits per heavy atom. The lowest BCUT2D eigenvalue weighted by molar-refractivity contribution is -0.0360. The number of ether oxygens (including phenoxy) is 1. The molecule has 2 rings (SSSR count). The molecule has 19 heavy (non-hydrogen) atoms. The van der Waals surface area contributed by atoms with Crippen molar-refractivity contribution in [2.24, 2.45) is 0 Å². The van der Waals surface area contributed by atoms with Gasteiger partial charge in [-0.3, -0.25) is 0 Å². The molecule has 0 amide bonds. The largest absolute Gasteiger partial charge is 0.370 e. The van der Waals surface area contributed by atoms with Crippen LogP contribution >= 0.6 is 0 Å². The summed E-state index contributed by atoms with van der Waals surface area (Å²) >= 11 is 0. The third-order valence-corrected chi connectivity index (χ3v) is 5.03. The van der Waals surface area contributed by atoms with Gasteiger partial charge in [0.05, 0.1) is 11.7 Å². The van der Waals surface area contributed by atoms with Crippen LogP contribution in [-0.2, 0) is 4.74 Å². The summed E-state index contributed by atoms with van der Waals surface area (Å²) in [5, 5.41) is 3.78. The molecule has 1 saturated heterocycles. The Bertz CT molecular complexity index is 248. The van der Waals surface area contributed by atoms with E-state index in [1.54, 1.807) is 0 Å². The maximum absolute atomic E-state index is 6.38. The van der Waals surface area contributed by atoms with Crippen LogP contribution in [0.4, 0.5) is 0 Å². The molecule has 2 heteroatoms. The molecule has 112 valence electrons. The van der Waals surface area contributed by atoms with E-state index in [9.17, 15) is 0 Å². The fourth-order valence-corrected chi connectivity index (χ4v) is 3.87. The molecule has 1 aliphatic carbocycles. The lowest BCUT2D eigenvalue weighted by Gasteiger charge is -2.25. The highest BCUT2D eigenvalue weighted by Crippen LogP contribution is 2.43. The van der Waals surface area contributed by atoms with Crippen LogP contribution in [0.3, 0.4) is 0 Å². The Morgan fingerprint density at radius 3 is 2.58 bits per heavy atom. The number of hydrogen-bond acceptors (Lipinski definition) is 2. The summed E-state index contributed by atoms with van der Waals surface area (Å²) in [6.07, 6.45) is 15.1. The van der Waals surface area contributed by atoms with E-state index in [1.165, 1.54) is 70.6 Å². The molecular formula is C17H33NO. The van der Waals surface area contributed by atoms with Gasteiger partial charge in [-0.15, -0.1) is 0 Å². The smallest absolute Gasteiger partial charge is 0.0708 e. The van der Waals surface area contributed by atoms with Gasteiger partial charge >= 0.3 is 0 Å².